The average molecular weight is 266 g/mol. The zero-order valence-corrected chi connectivity index (χ0v) is 11.4. The van der Waals surface area contributed by atoms with Gasteiger partial charge in [0.1, 0.15) is 5.82 Å². The van der Waals surface area contributed by atoms with Crippen LogP contribution in [-0.4, -0.2) is 11.2 Å². The number of hydrogen-bond acceptors (Lipinski definition) is 1. The summed E-state index contributed by atoms with van der Waals surface area (Å²) in [6.45, 7) is 2.26. The van der Waals surface area contributed by atoms with Gasteiger partial charge in [-0.05, 0) is 55.2 Å². The Morgan fingerprint density at radius 1 is 1.22 bits per heavy atom. The van der Waals surface area contributed by atoms with Crippen LogP contribution in [0.5, 0.6) is 0 Å². The molecule has 1 aliphatic rings. The summed E-state index contributed by atoms with van der Waals surface area (Å²) in [7, 11) is 0. The lowest BCUT2D eigenvalue weighted by molar-refractivity contribution is 0.309. The van der Waals surface area contributed by atoms with Gasteiger partial charge in [0.15, 0.2) is 5.11 Å². The summed E-state index contributed by atoms with van der Waals surface area (Å²) >= 11 is 5.29. The van der Waals surface area contributed by atoms with Gasteiger partial charge in [0, 0.05) is 11.7 Å². The van der Waals surface area contributed by atoms with Gasteiger partial charge in [-0.1, -0.05) is 19.8 Å². The van der Waals surface area contributed by atoms with E-state index in [-0.39, 0.29) is 5.82 Å². The van der Waals surface area contributed by atoms with E-state index < -0.39 is 0 Å². The minimum atomic E-state index is -0.236. The monoisotopic (exact) mass is 266 g/mol. The SMILES string of the molecule is C[C@@H]1CCCC[C@@H]1NC(=S)Nc1ccc(F)cc1. The fraction of sp³-hybridized carbons (Fsp3) is 0.500. The van der Waals surface area contributed by atoms with Crippen LogP contribution in [-0.2, 0) is 0 Å². The standard InChI is InChI=1S/C14H19FN2S/c1-10-4-2-3-5-13(10)17-14(18)16-12-8-6-11(15)7-9-12/h6-10,13H,2-5H2,1H3,(H2,16,17,18)/t10-,13+/m1/s1. The van der Waals surface area contributed by atoms with Crippen LogP contribution in [0, 0.1) is 11.7 Å². The van der Waals surface area contributed by atoms with Crippen LogP contribution in [0.3, 0.4) is 0 Å². The number of benzene rings is 1. The second kappa shape index (κ2) is 6.14. The maximum absolute atomic E-state index is 12.8. The number of hydrogen-bond donors (Lipinski definition) is 2. The molecular weight excluding hydrogens is 247 g/mol. The Morgan fingerprint density at radius 2 is 1.89 bits per heavy atom. The molecule has 1 aliphatic carbocycles. The predicted octanol–water partition coefficient (Wildman–Crippen LogP) is 3.69. The van der Waals surface area contributed by atoms with Crippen molar-refractivity contribution in [3.63, 3.8) is 0 Å². The van der Waals surface area contributed by atoms with Gasteiger partial charge in [0.25, 0.3) is 0 Å². The quantitative estimate of drug-likeness (QED) is 0.798. The molecule has 2 N–H and O–H groups in total. The fourth-order valence-electron chi connectivity index (χ4n) is 2.40. The molecule has 2 atom stereocenters. The van der Waals surface area contributed by atoms with Crippen molar-refractivity contribution in [2.75, 3.05) is 5.32 Å². The van der Waals surface area contributed by atoms with Crippen molar-refractivity contribution >= 4 is 23.0 Å². The average Bonchev–Trinajstić information content (AvgIpc) is 2.35. The number of rotatable bonds is 2. The summed E-state index contributed by atoms with van der Waals surface area (Å²) < 4.78 is 12.8. The topological polar surface area (TPSA) is 24.1 Å². The van der Waals surface area contributed by atoms with Gasteiger partial charge in [-0.2, -0.15) is 0 Å². The normalized spacial score (nSPS) is 23.4. The van der Waals surface area contributed by atoms with Crippen molar-refractivity contribution in [1.82, 2.24) is 5.32 Å². The van der Waals surface area contributed by atoms with E-state index in [0.717, 1.165) is 5.69 Å². The Balaban J connectivity index is 1.86. The number of nitrogens with one attached hydrogen (secondary N) is 2. The van der Waals surface area contributed by atoms with Crippen molar-refractivity contribution in [3.8, 4) is 0 Å². The van der Waals surface area contributed by atoms with Crippen molar-refractivity contribution in [2.24, 2.45) is 5.92 Å². The molecule has 0 radical (unpaired) electrons. The number of halogens is 1. The molecule has 1 aromatic rings. The summed E-state index contributed by atoms with van der Waals surface area (Å²) in [5.74, 6) is 0.423. The van der Waals surface area contributed by atoms with Crippen LogP contribution in [0.1, 0.15) is 32.6 Å². The first kappa shape index (κ1) is 13.3. The molecule has 1 saturated carbocycles. The lowest BCUT2D eigenvalue weighted by atomic mass is 9.86. The van der Waals surface area contributed by atoms with Crippen LogP contribution in [0.2, 0.25) is 0 Å². The van der Waals surface area contributed by atoms with Crippen molar-refractivity contribution in [3.05, 3.63) is 30.1 Å². The Morgan fingerprint density at radius 3 is 2.56 bits per heavy atom. The third kappa shape index (κ3) is 3.67. The minimum Gasteiger partial charge on any atom is -0.359 e. The van der Waals surface area contributed by atoms with E-state index in [0.29, 0.717) is 17.1 Å². The highest BCUT2D eigenvalue weighted by molar-refractivity contribution is 7.80. The number of anilines is 1. The maximum Gasteiger partial charge on any atom is 0.171 e. The molecule has 0 bridgehead atoms. The second-order valence-electron chi connectivity index (χ2n) is 4.97. The summed E-state index contributed by atoms with van der Waals surface area (Å²) in [5, 5.41) is 7.07. The van der Waals surface area contributed by atoms with Gasteiger partial charge in [-0.15, -0.1) is 0 Å². The molecule has 4 heteroatoms. The first-order valence-electron chi connectivity index (χ1n) is 6.48. The highest BCUT2D eigenvalue weighted by atomic mass is 32.1. The molecule has 0 heterocycles. The van der Waals surface area contributed by atoms with E-state index in [1.165, 1.54) is 37.8 Å². The summed E-state index contributed by atoms with van der Waals surface area (Å²) in [4.78, 5) is 0. The highest BCUT2D eigenvalue weighted by Crippen LogP contribution is 2.23. The van der Waals surface area contributed by atoms with Gasteiger partial charge in [0.2, 0.25) is 0 Å². The Hall–Kier alpha value is -1.16. The molecule has 2 rings (SSSR count). The smallest absolute Gasteiger partial charge is 0.171 e. The van der Waals surface area contributed by atoms with Gasteiger partial charge < -0.3 is 10.6 Å². The third-order valence-electron chi connectivity index (χ3n) is 3.53. The summed E-state index contributed by atoms with van der Waals surface area (Å²) in [5.41, 5.74) is 0.817. The molecule has 0 unspecified atom stereocenters. The third-order valence-corrected chi connectivity index (χ3v) is 3.75. The van der Waals surface area contributed by atoms with Crippen molar-refractivity contribution in [2.45, 2.75) is 38.6 Å². The van der Waals surface area contributed by atoms with Crippen LogP contribution in [0.25, 0.3) is 0 Å². The van der Waals surface area contributed by atoms with Crippen LogP contribution in [0.15, 0.2) is 24.3 Å². The van der Waals surface area contributed by atoms with E-state index in [2.05, 4.69) is 17.6 Å². The summed E-state index contributed by atoms with van der Waals surface area (Å²) in [6.07, 6.45) is 5.02. The van der Waals surface area contributed by atoms with Gasteiger partial charge in [-0.3, -0.25) is 0 Å². The summed E-state index contributed by atoms with van der Waals surface area (Å²) in [6, 6.07) is 6.68. The molecule has 0 amide bonds. The molecule has 18 heavy (non-hydrogen) atoms. The molecule has 98 valence electrons. The van der Waals surface area contributed by atoms with Gasteiger partial charge in [0.05, 0.1) is 0 Å². The zero-order valence-electron chi connectivity index (χ0n) is 10.6. The fourth-order valence-corrected chi connectivity index (χ4v) is 2.67. The lowest BCUT2D eigenvalue weighted by Crippen LogP contribution is -2.43. The van der Waals surface area contributed by atoms with Crippen LogP contribution < -0.4 is 10.6 Å². The minimum absolute atomic E-state index is 0.236. The Labute approximate surface area is 113 Å². The highest BCUT2D eigenvalue weighted by Gasteiger charge is 2.21. The first-order valence-corrected chi connectivity index (χ1v) is 6.89. The number of thiocarbonyl (C=S) groups is 1. The van der Waals surface area contributed by atoms with Crippen molar-refractivity contribution < 1.29 is 4.39 Å². The van der Waals surface area contributed by atoms with E-state index in [1.807, 2.05) is 0 Å². The largest absolute Gasteiger partial charge is 0.359 e. The van der Waals surface area contributed by atoms with Crippen LogP contribution >= 0.6 is 12.2 Å². The molecule has 0 aliphatic heterocycles. The zero-order chi connectivity index (χ0) is 13.0. The predicted molar refractivity (Wildman–Crippen MR) is 77.2 cm³/mol. The molecule has 0 aromatic heterocycles. The molecule has 2 nitrogen and oxygen atoms in total. The van der Waals surface area contributed by atoms with E-state index in [1.54, 1.807) is 12.1 Å². The molecular formula is C14H19FN2S. The van der Waals surface area contributed by atoms with Gasteiger partial charge in [-0.25, -0.2) is 4.39 Å². The molecule has 0 spiro atoms. The Bertz CT molecular complexity index is 405. The van der Waals surface area contributed by atoms with Crippen molar-refractivity contribution in [1.29, 1.82) is 0 Å². The first-order chi connectivity index (χ1) is 8.65. The van der Waals surface area contributed by atoms with Crippen LogP contribution in [0.4, 0.5) is 10.1 Å². The molecule has 1 aromatic carbocycles. The maximum atomic E-state index is 12.8. The molecule has 1 fully saturated rings. The Kier molecular flexibility index (Phi) is 4.53. The second-order valence-corrected chi connectivity index (χ2v) is 5.38. The molecule has 0 saturated heterocycles. The lowest BCUT2D eigenvalue weighted by Gasteiger charge is -2.30. The van der Waals surface area contributed by atoms with E-state index >= 15 is 0 Å². The van der Waals surface area contributed by atoms with E-state index in [9.17, 15) is 4.39 Å². The van der Waals surface area contributed by atoms with Gasteiger partial charge >= 0.3 is 0 Å². The van der Waals surface area contributed by atoms with E-state index in [4.69, 9.17) is 12.2 Å².